The van der Waals surface area contributed by atoms with E-state index in [0.29, 0.717) is 0 Å². The Morgan fingerprint density at radius 1 is 1.57 bits per heavy atom. The fourth-order valence-corrected chi connectivity index (χ4v) is 1.34. The lowest BCUT2D eigenvalue weighted by molar-refractivity contribution is 0.747. The highest BCUT2D eigenvalue weighted by atomic mass is 15.3. The van der Waals surface area contributed by atoms with E-state index in [2.05, 4.69) is 17.7 Å². The summed E-state index contributed by atoms with van der Waals surface area (Å²) in [6.45, 7) is 7.78. The molecule has 0 N–H and O–H groups in total. The van der Waals surface area contributed by atoms with Gasteiger partial charge in [0, 0.05) is 7.05 Å². The molecule has 0 saturated carbocycles. The maximum atomic E-state index is 4.29. The van der Waals surface area contributed by atoms with Crippen molar-refractivity contribution in [3.8, 4) is 0 Å². The van der Waals surface area contributed by atoms with Crippen LogP contribution in [-0.2, 0) is 7.05 Å². The molecule has 0 aromatic carbocycles. The van der Waals surface area contributed by atoms with Gasteiger partial charge in [-0.15, -0.1) is 0 Å². The summed E-state index contributed by atoms with van der Waals surface area (Å²) >= 11 is 0. The van der Waals surface area contributed by atoms with Crippen molar-refractivity contribution in [2.75, 3.05) is 0 Å². The Hall–Kier alpha value is -1.57. The van der Waals surface area contributed by atoms with Gasteiger partial charge in [-0.2, -0.15) is 5.10 Å². The van der Waals surface area contributed by atoms with E-state index in [9.17, 15) is 0 Å². The van der Waals surface area contributed by atoms with Gasteiger partial charge in [0.1, 0.15) is 0 Å². The van der Waals surface area contributed by atoms with Crippen LogP contribution >= 0.6 is 0 Å². The molecule has 14 heavy (non-hydrogen) atoms. The molecule has 1 rings (SSSR count). The first-order valence-electron chi connectivity index (χ1n) is 4.65. The highest BCUT2D eigenvalue weighted by molar-refractivity contribution is 5.72. The second-order valence-corrected chi connectivity index (χ2v) is 3.15. The quantitative estimate of drug-likeness (QED) is 0.667. The molecule has 0 spiro atoms. The molecule has 1 aromatic rings. The molecule has 0 unspecified atom stereocenters. The van der Waals surface area contributed by atoms with Crippen LogP contribution in [-0.4, -0.2) is 9.78 Å². The Kier molecular flexibility index (Phi) is 3.46. The molecule has 0 bridgehead atoms. The molecule has 74 valence electrons. The van der Waals surface area contributed by atoms with Gasteiger partial charge in [-0.25, -0.2) is 0 Å². The van der Waals surface area contributed by atoms with E-state index in [1.807, 2.05) is 49.9 Å². The third kappa shape index (κ3) is 2.22. The first-order valence-corrected chi connectivity index (χ1v) is 4.65. The van der Waals surface area contributed by atoms with Crippen molar-refractivity contribution in [2.45, 2.75) is 13.8 Å². The van der Waals surface area contributed by atoms with Crippen LogP contribution in [0.25, 0.3) is 5.57 Å². The third-order valence-electron chi connectivity index (χ3n) is 1.99. The topological polar surface area (TPSA) is 17.8 Å². The molecular formula is C12H16N2. The van der Waals surface area contributed by atoms with Crippen LogP contribution in [0.4, 0.5) is 0 Å². The lowest BCUT2D eigenvalue weighted by Crippen LogP contribution is -1.95. The third-order valence-corrected chi connectivity index (χ3v) is 1.99. The molecule has 0 aliphatic heterocycles. The predicted molar refractivity (Wildman–Crippen MR) is 60.9 cm³/mol. The predicted octanol–water partition coefficient (Wildman–Crippen LogP) is 2.87. The minimum atomic E-state index is 1.02. The second kappa shape index (κ2) is 4.61. The van der Waals surface area contributed by atoms with Crippen LogP contribution in [0.1, 0.15) is 18.3 Å². The summed E-state index contributed by atoms with van der Waals surface area (Å²) in [5.41, 5.74) is 3.21. The van der Waals surface area contributed by atoms with Crippen LogP contribution in [0.15, 0.2) is 36.9 Å². The molecule has 0 atom stereocenters. The molecule has 0 saturated heterocycles. The molecule has 0 amide bonds. The summed E-state index contributed by atoms with van der Waals surface area (Å²) in [6.07, 6.45) is 7.87. The maximum Gasteiger partial charge on any atom is 0.0681 e. The van der Waals surface area contributed by atoms with Gasteiger partial charge in [-0.05, 0) is 25.5 Å². The molecule has 0 aliphatic rings. The maximum absolute atomic E-state index is 4.29. The lowest BCUT2D eigenvalue weighted by Gasteiger charge is -2.00. The van der Waals surface area contributed by atoms with Crippen molar-refractivity contribution >= 4 is 5.57 Å². The fourth-order valence-electron chi connectivity index (χ4n) is 1.34. The first kappa shape index (κ1) is 10.5. The van der Waals surface area contributed by atoms with E-state index in [1.165, 1.54) is 0 Å². The largest absolute Gasteiger partial charge is 0.268 e. The Bertz CT molecular complexity index is 381. The summed E-state index contributed by atoms with van der Waals surface area (Å²) in [5, 5.41) is 4.29. The summed E-state index contributed by atoms with van der Waals surface area (Å²) in [6, 6.07) is 2.05. The number of nitrogens with zero attached hydrogens (tertiary/aromatic N) is 2. The zero-order valence-electron chi connectivity index (χ0n) is 8.99. The van der Waals surface area contributed by atoms with Crippen molar-refractivity contribution in [1.29, 1.82) is 0 Å². The van der Waals surface area contributed by atoms with E-state index in [1.54, 1.807) is 0 Å². The number of aromatic nitrogens is 2. The number of rotatable bonds is 3. The Morgan fingerprint density at radius 2 is 2.29 bits per heavy atom. The van der Waals surface area contributed by atoms with E-state index < -0.39 is 0 Å². The summed E-state index contributed by atoms with van der Waals surface area (Å²) in [4.78, 5) is 0. The van der Waals surface area contributed by atoms with E-state index in [-0.39, 0.29) is 0 Å². The van der Waals surface area contributed by atoms with Gasteiger partial charge in [0.25, 0.3) is 0 Å². The summed E-state index contributed by atoms with van der Waals surface area (Å²) in [7, 11) is 1.94. The molecule has 1 aromatic heterocycles. The van der Waals surface area contributed by atoms with Crippen LogP contribution in [0, 0.1) is 6.92 Å². The normalized spacial score (nSPS) is 12.4. The highest BCUT2D eigenvalue weighted by Crippen LogP contribution is 2.15. The highest BCUT2D eigenvalue weighted by Gasteiger charge is 2.03. The first-order chi connectivity index (χ1) is 6.69. The standard InChI is InChI=1S/C12H16N2/c1-5-7-8-11(6-2)12-9-10(3)13-14(12)4/h5-9H,2H2,1,3-4H3/b7-5-,11-8+. The zero-order chi connectivity index (χ0) is 10.6. The fraction of sp³-hybridized carbons (Fsp3) is 0.250. The minimum absolute atomic E-state index is 1.02. The van der Waals surface area contributed by atoms with E-state index in [4.69, 9.17) is 0 Å². The summed E-state index contributed by atoms with van der Waals surface area (Å²) in [5.74, 6) is 0. The lowest BCUT2D eigenvalue weighted by atomic mass is 10.1. The van der Waals surface area contributed by atoms with Gasteiger partial charge < -0.3 is 0 Å². The van der Waals surface area contributed by atoms with Crippen LogP contribution < -0.4 is 0 Å². The van der Waals surface area contributed by atoms with Gasteiger partial charge in [0.05, 0.1) is 11.4 Å². The van der Waals surface area contributed by atoms with Gasteiger partial charge in [-0.1, -0.05) is 30.9 Å². The van der Waals surface area contributed by atoms with Crippen molar-refractivity contribution in [2.24, 2.45) is 7.05 Å². The molecule has 1 heterocycles. The second-order valence-electron chi connectivity index (χ2n) is 3.15. The Morgan fingerprint density at radius 3 is 2.71 bits per heavy atom. The van der Waals surface area contributed by atoms with Crippen LogP contribution in [0.3, 0.4) is 0 Å². The number of hydrogen-bond donors (Lipinski definition) is 0. The average Bonchev–Trinajstić information content (AvgIpc) is 2.47. The van der Waals surface area contributed by atoms with Gasteiger partial charge >= 0.3 is 0 Å². The van der Waals surface area contributed by atoms with Crippen LogP contribution in [0.2, 0.25) is 0 Å². The number of aryl methyl sites for hydroxylation is 2. The molecule has 0 fully saturated rings. The minimum Gasteiger partial charge on any atom is -0.268 e. The van der Waals surface area contributed by atoms with Crippen molar-refractivity contribution < 1.29 is 0 Å². The van der Waals surface area contributed by atoms with E-state index >= 15 is 0 Å². The SMILES string of the molecule is C=C/C(=C\C=C/C)c1cc(C)nn1C. The van der Waals surface area contributed by atoms with Gasteiger partial charge in [-0.3, -0.25) is 4.68 Å². The molecule has 2 nitrogen and oxygen atoms in total. The number of allylic oxidation sites excluding steroid dienone is 5. The molecule has 0 aliphatic carbocycles. The Balaban J connectivity index is 3.12. The van der Waals surface area contributed by atoms with Crippen molar-refractivity contribution in [1.82, 2.24) is 9.78 Å². The molecule has 0 radical (unpaired) electrons. The average molecular weight is 188 g/mol. The number of hydrogen-bond acceptors (Lipinski definition) is 1. The smallest absolute Gasteiger partial charge is 0.0681 e. The Labute approximate surface area is 85.3 Å². The summed E-state index contributed by atoms with van der Waals surface area (Å²) < 4.78 is 1.87. The van der Waals surface area contributed by atoms with Gasteiger partial charge in [0.15, 0.2) is 0 Å². The zero-order valence-corrected chi connectivity index (χ0v) is 8.99. The molecule has 2 heteroatoms. The van der Waals surface area contributed by atoms with Gasteiger partial charge in [0.2, 0.25) is 0 Å². The van der Waals surface area contributed by atoms with Crippen molar-refractivity contribution in [3.05, 3.63) is 48.3 Å². The monoisotopic (exact) mass is 188 g/mol. The van der Waals surface area contributed by atoms with E-state index in [0.717, 1.165) is 17.0 Å². The van der Waals surface area contributed by atoms with Crippen molar-refractivity contribution in [3.63, 3.8) is 0 Å². The van der Waals surface area contributed by atoms with Crippen LogP contribution in [0.5, 0.6) is 0 Å². The molecular weight excluding hydrogens is 172 g/mol.